The van der Waals surface area contributed by atoms with E-state index in [1.165, 1.54) is 0 Å². The van der Waals surface area contributed by atoms with E-state index in [-0.39, 0.29) is 5.91 Å². The lowest BCUT2D eigenvalue weighted by Gasteiger charge is -2.26. The minimum atomic E-state index is -0.0140. The summed E-state index contributed by atoms with van der Waals surface area (Å²) in [4.78, 5) is 18.3. The molecule has 0 aliphatic carbocycles. The Bertz CT molecular complexity index is 436. The smallest absolute Gasteiger partial charge is 0.272 e. The molecule has 1 aliphatic rings. The van der Waals surface area contributed by atoms with E-state index in [4.69, 9.17) is 4.74 Å². The number of ether oxygens (including phenoxy) is 1. The Morgan fingerprint density at radius 3 is 3.05 bits per heavy atom. The van der Waals surface area contributed by atoms with Crippen molar-refractivity contribution >= 4 is 23.4 Å². The first kappa shape index (κ1) is 15.1. The van der Waals surface area contributed by atoms with Gasteiger partial charge in [0.15, 0.2) is 0 Å². The quantitative estimate of drug-likeness (QED) is 0.810. The van der Waals surface area contributed by atoms with Crippen LogP contribution in [0.3, 0.4) is 0 Å². The summed E-state index contributed by atoms with van der Waals surface area (Å²) < 4.78 is 5.26. The average molecular weight is 295 g/mol. The Labute approximate surface area is 124 Å². The fourth-order valence-corrected chi connectivity index (χ4v) is 2.53. The van der Waals surface area contributed by atoms with Crippen LogP contribution in [0.5, 0.6) is 0 Å². The number of hydrogen-bond acceptors (Lipinski definition) is 5. The van der Waals surface area contributed by atoms with Crippen molar-refractivity contribution in [3.63, 3.8) is 0 Å². The molecule has 0 saturated carbocycles. The molecular formula is C14H21N3O2S. The standard InChI is InChI=1S/C14H21N3O2S/c1-2-20-10-5-15-12-3-4-16-13(11-12)14(18)17-6-8-19-9-7-17/h3-4,11H,2,5-10H2,1H3,(H,15,16). The summed E-state index contributed by atoms with van der Waals surface area (Å²) in [7, 11) is 0. The molecule has 1 N–H and O–H groups in total. The van der Waals surface area contributed by atoms with E-state index < -0.39 is 0 Å². The van der Waals surface area contributed by atoms with E-state index in [2.05, 4.69) is 17.2 Å². The minimum absolute atomic E-state index is 0.0140. The van der Waals surface area contributed by atoms with E-state index in [0.29, 0.717) is 32.0 Å². The van der Waals surface area contributed by atoms with E-state index in [0.717, 1.165) is 23.7 Å². The maximum Gasteiger partial charge on any atom is 0.272 e. The highest BCUT2D eigenvalue weighted by Gasteiger charge is 2.19. The maximum absolute atomic E-state index is 12.3. The van der Waals surface area contributed by atoms with Gasteiger partial charge in [-0.3, -0.25) is 9.78 Å². The molecule has 5 nitrogen and oxygen atoms in total. The van der Waals surface area contributed by atoms with Crippen LogP contribution in [0, 0.1) is 0 Å². The van der Waals surface area contributed by atoms with Crippen LogP contribution >= 0.6 is 11.8 Å². The molecule has 1 saturated heterocycles. The Hall–Kier alpha value is -1.27. The highest BCUT2D eigenvalue weighted by atomic mass is 32.2. The van der Waals surface area contributed by atoms with Crippen LogP contribution in [0.4, 0.5) is 5.69 Å². The lowest BCUT2D eigenvalue weighted by Crippen LogP contribution is -2.41. The molecule has 1 aromatic heterocycles. The number of nitrogens with zero attached hydrogens (tertiary/aromatic N) is 2. The highest BCUT2D eigenvalue weighted by Crippen LogP contribution is 2.11. The molecule has 2 rings (SSSR count). The van der Waals surface area contributed by atoms with E-state index >= 15 is 0 Å². The molecule has 0 atom stereocenters. The van der Waals surface area contributed by atoms with Gasteiger partial charge in [0.25, 0.3) is 5.91 Å². The zero-order chi connectivity index (χ0) is 14.2. The van der Waals surface area contributed by atoms with Gasteiger partial charge in [-0.05, 0) is 17.9 Å². The van der Waals surface area contributed by atoms with Crippen molar-refractivity contribution in [2.45, 2.75) is 6.92 Å². The molecule has 0 spiro atoms. The van der Waals surface area contributed by atoms with Gasteiger partial charge in [0, 0.05) is 37.3 Å². The van der Waals surface area contributed by atoms with E-state index in [1.54, 1.807) is 11.1 Å². The predicted molar refractivity (Wildman–Crippen MR) is 82.4 cm³/mol. The second-order valence-electron chi connectivity index (χ2n) is 4.46. The second-order valence-corrected chi connectivity index (χ2v) is 5.85. The Morgan fingerprint density at radius 1 is 1.50 bits per heavy atom. The number of amides is 1. The number of pyridine rings is 1. The summed E-state index contributed by atoms with van der Waals surface area (Å²) in [6, 6.07) is 3.72. The van der Waals surface area contributed by atoms with E-state index in [9.17, 15) is 4.79 Å². The van der Waals surface area contributed by atoms with Crippen molar-refractivity contribution < 1.29 is 9.53 Å². The number of carbonyl (C=O) groups excluding carboxylic acids is 1. The molecule has 110 valence electrons. The first-order valence-corrected chi connectivity index (χ1v) is 8.11. The van der Waals surface area contributed by atoms with Crippen LogP contribution in [-0.2, 0) is 4.74 Å². The summed E-state index contributed by atoms with van der Waals surface area (Å²) in [6.07, 6.45) is 1.68. The Morgan fingerprint density at radius 2 is 2.30 bits per heavy atom. The van der Waals surface area contributed by atoms with Crippen molar-refractivity contribution in [2.24, 2.45) is 0 Å². The Balaban J connectivity index is 1.92. The number of thioether (sulfide) groups is 1. The van der Waals surface area contributed by atoms with Crippen LogP contribution in [0.25, 0.3) is 0 Å². The van der Waals surface area contributed by atoms with Crippen LogP contribution in [0.15, 0.2) is 18.3 Å². The summed E-state index contributed by atoms with van der Waals surface area (Å²) in [5.74, 6) is 2.17. The van der Waals surface area contributed by atoms with Crippen molar-refractivity contribution in [2.75, 3.05) is 49.7 Å². The van der Waals surface area contributed by atoms with Gasteiger partial charge in [0.05, 0.1) is 13.2 Å². The van der Waals surface area contributed by atoms with Crippen molar-refractivity contribution in [3.05, 3.63) is 24.0 Å². The number of aromatic nitrogens is 1. The predicted octanol–water partition coefficient (Wildman–Crippen LogP) is 1.72. The van der Waals surface area contributed by atoms with E-state index in [1.807, 2.05) is 23.9 Å². The number of rotatable bonds is 6. The number of morpholine rings is 1. The number of nitrogens with one attached hydrogen (secondary N) is 1. The molecular weight excluding hydrogens is 274 g/mol. The van der Waals surface area contributed by atoms with Crippen LogP contribution in [0.1, 0.15) is 17.4 Å². The second kappa shape index (κ2) is 8.11. The maximum atomic E-state index is 12.3. The van der Waals surface area contributed by atoms with Crippen LogP contribution in [-0.4, -0.2) is 60.1 Å². The molecule has 2 heterocycles. The monoisotopic (exact) mass is 295 g/mol. The van der Waals surface area contributed by atoms with Gasteiger partial charge in [-0.2, -0.15) is 11.8 Å². The molecule has 0 bridgehead atoms. The molecule has 0 aromatic carbocycles. The van der Waals surface area contributed by atoms with Gasteiger partial charge in [0.2, 0.25) is 0 Å². The van der Waals surface area contributed by atoms with Crippen molar-refractivity contribution in [1.29, 1.82) is 0 Å². The molecule has 0 unspecified atom stereocenters. The minimum Gasteiger partial charge on any atom is -0.384 e. The average Bonchev–Trinajstić information content (AvgIpc) is 2.52. The molecule has 0 radical (unpaired) electrons. The zero-order valence-corrected chi connectivity index (χ0v) is 12.6. The first-order valence-electron chi connectivity index (χ1n) is 6.96. The fraction of sp³-hybridized carbons (Fsp3) is 0.571. The molecule has 1 fully saturated rings. The summed E-state index contributed by atoms with van der Waals surface area (Å²) in [5.41, 5.74) is 1.45. The molecule has 1 aromatic rings. The summed E-state index contributed by atoms with van der Waals surface area (Å²) in [6.45, 7) is 5.55. The lowest BCUT2D eigenvalue weighted by atomic mass is 10.2. The fourth-order valence-electron chi connectivity index (χ4n) is 2.00. The van der Waals surface area contributed by atoms with Gasteiger partial charge in [-0.1, -0.05) is 6.92 Å². The summed E-state index contributed by atoms with van der Waals surface area (Å²) in [5, 5.41) is 3.32. The zero-order valence-electron chi connectivity index (χ0n) is 11.8. The van der Waals surface area contributed by atoms with Crippen molar-refractivity contribution in [1.82, 2.24) is 9.88 Å². The SMILES string of the molecule is CCSCCNc1ccnc(C(=O)N2CCOCC2)c1. The van der Waals surface area contributed by atoms with Gasteiger partial charge < -0.3 is 15.0 Å². The van der Waals surface area contributed by atoms with Crippen molar-refractivity contribution in [3.8, 4) is 0 Å². The highest BCUT2D eigenvalue weighted by molar-refractivity contribution is 7.99. The molecule has 20 heavy (non-hydrogen) atoms. The van der Waals surface area contributed by atoms with Gasteiger partial charge in [-0.25, -0.2) is 0 Å². The molecule has 6 heteroatoms. The first-order chi connectivity index (χ1) is 9.81. The van der Waals surface area contributed by atoms with Gasteiger partial charge in [0.1, 0.15) is 5.69 Å². The lowest BCUT2D eigenvalue weighted by molar-refractivity contribution is 0.0299. The van der Waals surface area contributed by atoms with Gasteiger partial charge >= 0.3 is 0 Å². The number of hydrogen-bond donors (Lipinski definition) is 1. The Kier molecular flexibility index (Phi) is 6.14. The third-order valence-corrected chi connectivity index (χ3v) is 3.96. The normalized spacial score (nSPS) is 15.2. The van der Waals surface area contributed by atoms with Crippen LogP contribution in [0.2, 0.25) is 0 Å². The third-order valence-electron chi connectivity index (χ3n) is 3.06. The molecule has 1 aliphatic heterocycles. The summed E-state index contributed by atoms with van der Waals surface area (Å²) >= 11 is 1.89. The largest absolute Gasteiger partial charge is 0.384 e. The number of carbonyl (C=O) groups is 1. The van der Waals surface area contributed by atoms with Crippen LogP contribution < -0.4 is 5.32 Å². The number of anilines is 1. The molecule has 1 amide bonds. The topological polar surface area (TPSA) is 54.5 Å². The third kappa shape index (κ3) is 4.38. The van der Waals surface area contributed by atoms with Gasteiger partial charge in [-0.15, -0.1) is 0 Å².